The number of carbonyl (C=O) groups excluding carboxylic acids is 1. The van der Waals surface area contributed by atoms with E-state index in [0.29, 0.717) is 10.9 Å². The van der Waals surface area contributed by atoms with Crippen LogP contribution in [0.2, 0.25) is 0 Å². The predicted molar refractivity (Wildman–Crippen MR) is 63.3 cm³/mol. The molecule has 1 amide bonds. The first kappa shape index (κ1) is 10.9. The summed E-state index contributed by atoms with van der Waals surface area (Å²) in [5, 5.41) is 2.90. The highest BCUT2D eigenvalue weighted by molar-refractivity contribution is 7.80. The van der Waals surface area contributed by atoms with Crippen LogP contribution in [0.4, 0.5) is 0 Å². The van der Waals surface area contributed by atoms with Crippen molar-refractivity contribution in [1.29, 1.82) is 0 Å². The highest BCUT2D eigenvalue weighted by Gasteiger charge is 2.43. The highest BCUT2D eigenvalue weighted by Crippen LogP contribution is 2.48. The van der Waals surface area contributed by atoms with Crippen molar-refractivity contribution in [3.05, 3.63) is 0 Å². The number of hydrogen-bond donors (Lipinski definition) is 2. The molecule has 0 saturated heterocycles. The zero-order valence-electron chi connectivity index (χ0n) is 9.03. The molecule has 4 heteroatoms. The highest BCUT2D eigenvalue weighted by atomic mass is 32.1. The molecule has 2 aliphatic rings. The number of thiocarbonyl (C=S) groups is 1. The summed E-state index contributed by atoms with van der Waals surface area (Å²) in [6.07, 6.45) is 4.86. The van der Waals surface area contributed by atoms with Crippen molar-refractivity contribution in [3.8, 4) is 0 Å². The maximum atomic E-state index is 11.9. The van der Waals surface area contributed by atoms with Gasteiger partial charge in [0.25, 0.3) is 0 Å². The van der Waals surface area contributed by atoms with Gasteiger partial charge in [-0.3, -0.25) is 4.79 Å². The molecule has 2 bridgehead atoms. The smallest absolute Gasteiger partial charge is 0.223 e. The first-order valence-corrected chi connectivity index (χ1v) is 6.08. The van der Waals surface area contributed by atoms with E-state index in [1.54, 1.807) is 0 Å². The summed E-state index contributed by atoms with van der Waals surface area (Å²) < 4.78 is 0. The number of hydrogen-bond acceptors (Lipinski definition) is 2. The van der Waals surface area contributed by atoms with E-state index in [9.17, 15) is 4.79 Å². The van der Waals surface area contributed by atoms with Crippen LogP contribution in [0.1, 0.15) is 32.6 Å². The van der Waals surface area contributed by atoms with E-state index in [2.05, 4.69) is 5.32 Å². The number of rotatable bonds is 3. The number of nitrogens with one attached hydrogen (secondary N) is 1. The van der Waals surface area contributed by atoms with Gasteiger partial charge in [-0.15, -0.1) is 0 Å². The largest absolute Gasteiger partial charge is 0.392 e. The van der Waals surface area contributed by atoms with E-state index in [4.69, 9.17) is 18.0 Å². The van der Waals surface area contributed by atoms with E-state index < -0.39 is 0 Å². The number of nitrogens with two attached hydrogens (primary N) is 1. The summed E-state index contributed by atoms with van der Waals surface area (Å²) in [6.45, 7) is 1.84. The van der Waals surface area contributed by atoms with Gasteiger partial charge in [-0.25, -0.2) is 0 Å². The average molecular weight is 226 g/mol. The molecular weight excluding hydrogens is 208 g/mol. The fourth-order valence-electron chi connectivity index (χ4n) is 2.96. The summed E-state index contributed by atoms with van der Waals surface area (Å²) in [5.41, 5.74) is 5.48. The van der Waals surface area contributed by atoms with Gasteiger partial charge < -0.3 is 11.1 Å². The first-order valence-electron chi connectivity index (χ1n) is 5.67. The number of amides is 1. The van der Waals surface area contributed by atoms with Crippen molar-refractivity contribution in [2.24, 2.45) is 23.5 Å². The Morgan fingerprint density at radius 3 is 2.67 bits per heavy atom. The Hall–Kier alpha value is -0.640. The lowest BCUT2D eigenvalue weighted by molar-refractivity contribution is -0.126. The molecule has 2 fully saturated rings. The monoisotopic (exact) mass is 226 g/mol. The molecule has 84 valence electrons. The van der Waals surface area contributed by atoms with E-state index in [1.165, 1.54) is 19.3 Å². The lowest BCUT2D eigenvalue weighted by Gasteiger charge is -2.22. The van der Waals surface area contributed by atoms with Crippen molar-refractivity contribution in [2.75, 3.05) is 0 Å². The van der Waals surface area contributed by atoms with E-state index >= 15 is 0 Å². The third-order valence-corrected chi connectivity index (χ3v) is 4.21. The van der Waals surface area contributed by atoms with Crippen LogP contribution in [0.5, 0.6) is 0 Å². The van der Waals surface area contributed by atoms with E-state index in [-0.39, 0.29) is 17.9 Å². The molecule has 3 nitrogen and oxygen atoms in total. The van der Waals surface area contributed by atoms with E-state index in [1.807, 2.05) is 6.92 Å². The van der Waals surface area contributed by atoms with Crippen molar-refractivity contribution >= 4 is 23.1 Å². The summed E-state index contributed by atoms with van der Waals surface area (Å²) in [6, 6.07) is -0.174. The maximum absolute atomic E-state index is 11.9. The second kappa shape index (κ2) is 4.08. The number of fused-ring (bicyclic) bond motifs is 2. The Labute approximate surface area is 95.8 Å². The Kier molecular flexibility index (Phi) is 2.96. The van der Waals surface area contributed by atoms with Crippen LogP contribution in [0.15, 0.2) is 0 Å². The van der Waals surface area contributed by atoms with Crippen molar-refractivity contribution in [3.63, 3.8) is 0 Å². The van der Waals surface area contributed by atoms with Crippen LogP contribution in [-0.2, 0) is 4.79 Å². The first-order chi connectivity index (χ1) is 7.08. The quantitative estimate of drug-likeness (QED) is 0.711. The SMILES string of the molecule is CC(NC(=O)C1CC2CCC1C2)C(N)=S. The van der Waals surface area contributed by atoms with Gasteiger partial charge >= 0.3 is 0 Å². The average Bonchev–Trinajstić information content (AvgIpc) is 2.78. The second-order valence-electron chi connectivity index (χ2n) is 4.91. The lowest BCUT2D eigenvalue weighted by Crippen LogP contribution is -2.44. The van der Waals surface area contributed by atoms with Gasteiger partial charge in [-0.1, -0.05) is 18.6 Å². The molecule has 0 aromatic heterocycles. The molecule has 0 aliphatic heterocycles. The van der Waals surface area contributed by atoms with Crippen molar-refractivity contribution in [2.45, 2.75) is 38.6 Å². The third-order valence-electron chi connectivity index (χ3n) is 3.86. The third kappa shape index (κ3) is 2.14. The molecule has 2 rings (SSSR count). The van der Waals surface area contributed by atoms with Crippen LogP contribution in [0.25, 0.3) is 0 Å². The second-order valence-corrected chi connectivity index (χ2v) is 5.39. The molecule has 0 aromatic carbocycles. The zero-order chi connectivity index (χ0) is 11.0. The van der Waals surface area contributed by atoms with Crippen LogP contribution < -0.4 is 11.1 Å². The molecular formula is C11H18N2OS. The molecule has 3 N–H and O–H groups in total. The summed E-state index contributed by atoms with van der Waals surface area (Å²) in [5.74, 6) is 1.79. The van der Waals surface area contributed by atoms with Gasteiger partial charge in [0.1, 0.15) is 0 Å². The van der Waals surface area contributed by atoms with Gasteiger partial charge in [0.15, 0.2) is 0 Å². The lowest BCUT2D eigenvalue weighted by atomic mass is 9.88. The van der Waals surface area contributed by atoms with E-state index in [0.717, 1.165) is 12.3 Å². The van der Waals surface area contributed by atoms with Gasteiger partial charge in [0, 0.05) is 5.92 Å². The Bertz CT molecular complexity index is 292. The van der Waals surface area contributed by atoms with Crippen LogP contribution in [-0.4, -0.2) is 16.9 Å². The molecule has 4 unspecified atom stereocenters. The molecule has 15 heavy (non-hydrogen) atoms. The van der Waals surface area contributed by atoms with Gasteiger partial charge in [-0.2, -0.15) is 0 Å². The Morgan fingerprint density at radius 1 is 1.47 bits per heavy atom. The Balaban J connectivity index is 1.89. The van der Waals surface area contributed by atoms with Crippen LogP contribution in [0.3, 0.4) is 0 Å². The Morgan fingerprint density at radius 2 is 2.20 bits per heavy atom. The molecule has 0 spiro atoms. The van der Waals surface area contributed by atoms with Gasteiger partial charge in [-0.05, 0) is 38.0 Å². The minimum absolute atomic E-state index is 0.155. The molecule has 2 aliphatic carbocycles. The van der Waals surface area contributed by atoms with Crippen molar-refractivity contribution < 1.29 is 4.79 Å². The molecule has 0 aromatic rings. The molecule has 4 atom stereocenters. The summed E-state index contributed by atoms with van der Waals surface area (Å²) in [4.78, 5) is 12.3. The summed E-state index contributed by atoms with van der Waals surface area (Å²) in [7, 11) is 0. The minimum atomic E-state index is -0.174. The number of carbonyl (C=O) groups is 1. The molecule has 2 saturated carbocycles. The predicted octanol–water partition coefficient (Wildman–Crippen LogP) is 1.21. The summed E-state index contributed by atoms with van der Waals surface area (Å²) >= 11 is 4.84. The van der Waals surface area contributed by atoms with Crippen LogP contribution >= 0.6 is 12.2 Å². The van der Waals surface area contributed by atoms with Gasteiger partial charge in [0.2, 0.25) is 5.91 Å². The zero-order valence-corrected chi connectivity index (χ0v) is 9.85. The topological polar surface area (TPSA) is 55.1 Å². The van der Waals surface area contributed by atoms with Gasteiger partial charge in [0.05, 0.1) is 11.0 Å². The molecule has 0 radical (unpaired) electrons. The molecule has 0 heterocycles. The van der Waals surface area contributed by atoms with Crippen LogP contribution in [0, 0.1) is 17.8 Å². The van der Waals surface area contributed by atoms with Crippen molar-refractivity contribution in [1.82, 2.24) is 5.32 Å². The minimum Gasteiger partial charge on any atom is -0.392 e. The fraction of sp³-hybridized carbons (Fsp3) is 0.818. The normalized spacial score (nSPS) is 35.1. The standard InChI is InChI=1S/C11H18N2OS/c1-6(10(12)15)13-11(14)9-5-7-2-3-8(9)4-7/h6-9H,2-5H2,1H3,(H2,12,15)(H,13,14). The maximum Gasteiger partial charge on any atom is 0.223 e. The fourth-order valence-corrected chi connectivity index (χ4v) is 3.02.